The van der Waals surface area contributed by atoms with E-state index in [1.807, 2.05) is 13.8 Å². The largest absolute Gasteiger partial charge is 0.348 e. The molecule has 102 valence electrons. The van der Waals surface area contributed by atoms with Gasteiger partial charge in [-0.15, -0.1) is 0 Å². The van der Waals surface area contributed by atoms with Crippen LogP contribution < -0.4 is 5.69 Å². The van der Waals surface area contributed by atoms with Crippen LogP contribution in [-0.4, -0.2) is 9.55 Å². The topological polar surface area (TPSA) is 34.9 Å². The van der Waals surface area contributed by atoms with Crippen LogP contribution in [0.25, 0.3) is 0 Å². The Hall–Kier alpha value is -0.640. The van der Waals surface area contributed by atoms with Gasteiger partial charge in [-0.1, -0.05) is 39.0 Å². The Morgan fingerprint density at radius 1 is 1.11 bits per heavy atom. The van der Waals surface area contributed by atoms with Crippen LogP contribution >= 0.6 is 15.9 Å². The molecule has 0 aliphatic heterocycles. The number of aromatic nitrogens is 2. The molecule has 0 aromatic carbocycles. The van der Waals surface area contributed by atoms with E-state index >= 15 is 0 Å². The van der Waals surface area contributed by atoms with Gasteiger partial charge < -0.3 is 0 Å². The van der Waals surface area contributed by atoms with Gasteiger partial charge in [0.1, 0.15) is 0 Å². The lowest BCUT2D eigenvalue weighted by Gasteiger charge is -2.11. The van der Waals surface area contributed by atoms with Crippen molar-refractivity contribution in [2.75, 3.05) is 0 Å². The molecule has 1 heterocycles. The Morgan fingerprint density at radius 2 is 1.72 bits per heavy atom. The van der Waals surface area contributed by atoms with Crippen molar-refractivity contribution >= 4 is 15.9 Å². The molecule has 0 fully saturated rings. The van der Waals surface area contributed by atoms with Crippen molar-refractivity contribution in [3.05, 3.63) is 26.3 Å². The first kappa shape index (κ1) is 15.4. The molecule has 0 atom stereocenters. The number of hydrogen-bond donors (Lipinski definition) is 0. The highest BCUT2D eigenvalue weighted by molar-refractivity contribution is 9.10. The van der Waals surface area contributed by atoms with Crippen LogP contribution in [0.2, 0.25) is 0 Å². The van der Waals surface area contributed by atoms with Gasteiger partial charge in [-0.2, -0.15) is 4.98 Å². The zero-order valence-corrected chi connectivity index (χ0v) is 13.2. The summed E-state index contributed by atoms with van der Waals surface area (Å²) in [7, 11) is 0. The Bertz CT molecular complexity index is 440. The highest BCUT2D eigenvalue weighted by Crippen LogP contribution is 2.17. The van der Waals surface area contributed by atoms with Crippen LogP contribution in [0, 0.1) is 13.8 Å². The minimum absolute atomic E-state index is 0.123. The Labute approximate surface area is 118 Å². The molecule has 0 N–H and O–H groups in total. The molecule has 0 amide bonds. The first-order valence-corrected chi connectivity index (χ1v) is 7.60. The van der Waals surface area contributed by atoms with Crippen molar-refractivity contribution in [3.8, 4) is 0 Å². The van der Waals surface area contributed by atoms with Crippen LogP contribution in [0.15, 0.2) is 9.27 Å². The van der Waals surface area contributed by atoms with E-state index in [9.17, 15) is 4.79 Å². The van der Waals surface area contributed by atoms with Gasteiger partial charge in [-0.3, -0.25) is 4.57 Å². The second-order valence-corrected chi connectivity index (χ2v) is 5.59. The maximum absolute atomic E-state index is 11.8. The van der Waals surface area contributed by atoms with Crippen LogP contribution in [0.1, 0.15) is 56.8 Å². The van der Waals surface area contributed by atoms with Crippen molar-refractivity contribution in [2.24, 2.45) is 0 Å². The molecule has 0 radical (unpaired) electrons. The second kappa shape index (κ2) is 7.72. The quantitative estimate of drug-likeness (QED) is 0.713. The molecule has 18 heavy (non-hydrogen) atoms. The van der Waals surface area contributed by atoms with E-state index in [0.29, 0.717) is 0 Å². The third kappa shape index (κ3) is 4.23. The molecule has 0 aliphatic carbocycles. The first-order chi connectivity index (χ1) is 8.57. The smallest absolute Gasteiger partial charge is 0.295 e. The van der Waals surface area contributed by atoms with E-state index in [4.69, 9.17) is 0 Å². The average molecular weight is 315 g/mol. The lowest BCUT2D eigenvalue weighted by Crippen LogP contribution is -2.26. The van der Waals surface area contributed by atoms with E-state index in [0.717, 1.165) is 28.8 Å². The van der Waals surface area contributed by atoms with Crippen molar-refractivity contribution in [1.29, 1.82) is 0 Å². The summed E-state index contributed by atoms with van der Waals surface area (Å²) in [4.78, 5) is 15.8. The first-order valence-electron chi connectivity index (χ1n) is 6.81. The molecule has 0 unspecified atom stereocenters. The Morgan fingerprint density at radius 3 is 2.39 bits per heavy atom. The summed E-state index contributed by atoms with van der Waals surface area (Å²) < 4.78 is 2.73. The number of hydrogen-bond acceptors (Lipinski definition) is 2. The zero-order chi connectivity index (χ0) is 13.5. The van der Waals surface area contributed by atoms with Crippen molar-refractivity contribution in [2.45, 2.75) is 65.8 Å². The summed E-state index contributed by atoms with van der Waals surface area (Å²) in [5.41, 5.74) is 1.64. The molecule has 0 saturated heterocycles. The molecule has 0 aliphatic rings. The normalized spacial score (nSPS) is 10.9. The van der Waals surface area contributed by atoms with E-state index in [1.165, 1.54) is 32.1 Å². The lowest BCUT2D eigenvalue weighted by atomic mass is 10.1. The molecule has 3 nitrogen and oxygen atoms in total. The van der Waals surface area contributed by atoms with Gasteiger partial charge in [0, 0.05) is 12.2 Å². The van der Waals surface area contributed by atoms with Crippen LogP contribution in [0.3, 0.4) is 0 Å². The van der Waals surface area contributed by atoms with Crippen molar-refractivity contribution < 1.29 is 0 Å². The standard InChI is InChI=1S/C14H23BrN2O/c1-4-5-6-7-8-9-10-17-12(3)13(15)11(2)16-14(17)18/h4-10H2,1-3H3. The van der Waals surface area contributed by atoms with Gasteiger partial charge in [-0.25, -0.2) is 4.79 Å². The molecular weight excluding hydrogens is 292 g/mol. The Balaban J connectivity index is 2.53. The van der Waals surface area contributed by atoms with E-state index in [1.54, 1.807) is 4.57 Å². The molecule has 1 aromatic heterocycles. The van der Waals surface area contributed by atoms with Gasteiger partial charge in [0.15, 0.2) is 0 Å². The van der Waals surface area contributed by atoms with Gasteiger partial charge in [-0.05, 0) is 36.2 Å². The average Bonchev–Trinajstić information content (AvgIpc) is 2.34. The molecule has 0 saturated carbocycles. The monoisotopic (exact) mass is 314 g/mol. The highest BCUT2D eigenvalue weighted by atomic mass is 79.9. The molecule has 0 spiro atoms. The van der Waals surface area contributed by atoms with E-state index in [2.05, 4.69) is 27.8 Å². The molecule has 4 heteroatoms. The Kier molecular flexibility index (Phi) is 6.61. The van der Waals surface area contributed by atoms with Crippen molar-refractivity contribution in [3.63, 3.8) is 0 Å². The minimum Gasteiger partial charge on any atom is -0.295 e. The second-order valence-electron chi connectivity index (χ2n) is 4.80. The van der Waals surface area contributed by atoms with Crippen LogP contribution in [-0.2, 0) is 6.54 Å². The predicted octanol–water partition coefficient (Wildman–Crippen LogP) is 3.98. The van der Waals surface area contributed by atoms with E-state index < -0.39 is 0 Å². The third-order valence-electron chi connectivity index (χ3n) is 3.27. The molecule has 1 rings (SSSR count). The summed E-state index contributed by atoms with van der Waals surface area (Å²) in [6.07, 6.45) is 7.41. The van der Waals surface area contributed by atoms with Crippen LogP contribution in [0.5, 0.6) is 0 Å². The number of nitrogens with zero attached hydrogens (tertiary/aromatic N) is 2. The van der Waals surface area contributed by atoms with Gasteiger partial charge in [0.25, 0.3) is 0 Å². The fourth-order valence-electron chi connectivity index (χ4n) is 2.09. The number of unbranched alkanes of at least 4 members (excludes halogenated alkanes) is 5. The number of rotatable bonds is 7. The van der Waals surface area contributed by atoms with Gasteiger partial charge in [0.05, 0.1) is 10.2 Å². The zero-order valence-electron chi connectivity index (χ0n) is 11.6. The molecule has 1 aromatic rings. The maximum atomic E-state index is 11.8. The summed E-state index contributed by atoms with van der Waals surface area (Å²) in [6, 6.07) is 0. The number of halogens is 1. The van der Waals surface area contributed by atoms with Gasteiger partial charge >= 0.3 is 5.69 Å². The number of aryl methyl sites for hydroxylation is 1. The van der Waals surface area contributed by atoms with Gasteiger partial charge in [0.2, 0.25) is 0 Å². The fourth-order valence-corrected chi connectivity index (χ4v) is 2.39. The van der Waals surface area contributed by atoms with Crippen LogP contribution in [0.4, 0.5) is 0 Å². The predicted molar refractivity (Wildman–Crippen MR) is 79.0 cm³/mol. The summed E-state index contributed by atoms with van der Waals surface area (Å²) >= 11 is 3.49. The lowest BCUT2D eigenvalue weighted by molar-refractivity contribution is 0.533. The third-order valence-corrected chi connectivity index (χ3v) is 4.42. The SMILES string of the molecule is CCCCCCCCn1c(C)c(Br)c(C)nc1=O. The van der Waals surface area contributed by atoms with Crippen molar-refractivity contribution in [1.82, 2.24) is 9.55 Å². The highest BCUT2D eigenvalue weighted by Gasteiger charge is 2.08. The summed E-state index contributed by atoms with van der Waals surface area (Å²) in [6.45, 7) is 6.83. The minimum atomic E-state index is -0.123. The summed E-state index contributed by atoms with van der Waals surface area (Å²) in [5, 5.41) is 0. The fraction of sp³-hybridized carbons (Fsp3) is 0.714. The maximum Gasteiger partial charge on any atom is 0.348 e. The van der Waals surface area contributed by atoms with E-state index in [-0.39, 0.29) is 5.69 Å². The summed E-state index contributed by atoms with van der Waals surface area (Å²) in [5.74, 6) is 0. The molecular formula is C14H23BrN2O. The molecule has 0 bridgehead atoms.